The van der Waals surface area contributed by atoms with Gasteiger partial charge in [-0.3, -0.25) is 4.79 Å². The molecule has 3 aromatic rings. The van der Waals surface area contributed by atoms with Crippen molar-refractivity contribution in [3.63, 3.8) is 0 Å². The zero-order valence-corrected chi connectivity index (χ0v) is 16.1. The van der Waals surface area contributed by atoms with Crippen molar-refractivity contribution in [3.8, 4) is 11.4 Å². The third kappa shape index (κ3) is 4.33. The fourth-order valence-electron chi connectivity index (χ4n) is 2.72. The van der Waals surface area contributed by atoms with Gasteiger partial charge < -0.3 is 10.1 Å². The number of alkyl halides is 2. The van der Waals surface area contributed by atoms with E-state index in [-0.39, 0.29) is 11.7 Å². The average molecular weight is 436 g/mol. The quantitative estimate of drug-likeness (QED) is 0.605. The smallest absolute Gasteiger partial charge is 0.387 e. The van der Waals surface area contributed by atoms with E-state index in [9.17, 15) is 13.6 Å². The van der Waals surface area contributed by atoms with Crippen molar-refractivity contribution in [2.24, 2.45) is 0 Å². The molecule has 5 nitrogen and oxygen atoms in total. The number of carbonyl (C=O) groups is 1. The van der Waals surface area contributed by atoms with Gasteiger partial charge in [-0.05, 0) is 62.4 Å². The van der Waals surface area contributed by atoms with Crippen molar-refractivity contribution < 1.29 is 18.3 Å². The summed E-state index contributed by atoms with van der Waals surface area (Å²) in [5.41, 5.74) is 3.06. The van der Waals surface area contributed by atoms with E-state index in [1.165, 1.54) is 24.3 Å². The zero-order chi connectivity index (χ0) is 19.6. The summed E-state index contributed by atoms with van der Waals surface area (Å²) in [6.45, 7) is 0.688. The van der Waals surface area contributed by atoms with Crippen LogP contribution in [0.25, 0.3) is 5.69 Å². The Labute approximate surface area is 163 Å². The molecule has 1 amide bonds. The lowest BCUT2D eigenvalue weighted by molar-refractivity contribution is -0.0498. The first-order valence-corrected chi connectivity index (χ1v) is 8.83. The summed E-state index contributed by atoms with van der Waals surface area (Å²) in [5.74, 6) is -0.297. The summed E-state index contributed by atoms with van der Waals surface area (Å²) in [7, 11) is 0. The number of anilines is 1. The van der Waals surface area contributed by atoms with Gasteiger partial charge in [0.1, 0.15) is 5.75 Å². The van der Waals surface area contributed by atoms with Crippen LogP contribution in [0.3, 0.4) is 0 Å². The molecule has 8 heteroatoms. The standard InChI is InChI=1S/C19H16BrF2N3O2/c1-11-17(12(2)25(24-11)15-7-3-13(20)4-8-15)18(26)23-14-5-9-16(10-6-14)27-19(21)22/h3-10,19H,1-2H3,(H,23,26). The minimum absolute atomic E-state index is 0.0263. The van der Waals surface area contributed by atoms with E-state index in [4.69, 9.17) is 0 Å². The molecule has 0 atom stereocenters. The highest BCUT2D eigenvalue weighted by atomic mass is 79.9. The molecule has 1 N–H and O–H groups in total. The van der Waals surface area contributed by atoms with E-state index >= 15 is 0 Å². The number of nitrogens with zero attached hydrogens (tertiary/aromatic N) is 2. The number of benzene rings is 2. The fourth-order valence-corrected chi connectivity index (χ4v) is 2.98. The lowest BCUT2D eigenvalue weighted by atomic mass is 10.1. The van der Waals surface area contributed by atoms with Gasteiger partial charge in [-0.1, -0.05) is 15.9 Å². The Balaban J connectivity index is 1.82. The summed E-state index contributed by atoms with van der Waals surface area (Å²) in [5, 5.41) is 7.21. The molecule has 0 bridgehead atoms. The lowest BCUT2D eigenvalue weighted by Crippen LogP contribution is -2.14. The molecule has 2 aromatic carbocycles. The molecule has 0 aliphatic heterocycles. The normalized spacial score (nSPS) is 10.9. The molecule has 0 saturated heterocycles. The van der Waals surface area contributed by atoms with Crippen LogP contribution in [0.15, 0.2) is 53.0 Å². The van der Waals surface area contributed by atoms with Crippen molar-refractivity contribution in [1.29, 1.82) is 0 Å². The number of aromatic nitrogens is 2. The summed E-state index contributed by atoms with van der Waals surface area (Å²) in [6.07, 6.45) is 0. The molecule has 3 rings (SSSR count). The van der Waals surface area contributed by atoms with E-state index < -0.39 is 6.61 Å². The number of carbonyl (C=O) groups excluding carboxylic acids is 1. The minimum atomic E-state index is -2.89. The van der Waals surface area contributed by atoms with Gasteiger partial charge in [0.15, 0.2) is 0 Å². The summed E-state index contributed by atoms with van der Waals surface area (Å²) >= 11 is 3.39. The monoisotopic (exact) mass is 435 g/mol. The van der Waals surface area contributed by atoms with Gasteiger partial charge in [0.25, 0.3) is 5.91 Å². The van der Waals surface area contributed by atoms with Gasteiger partial charge in [-0.15, -0.1) is 0 Å². The fraction of sp³-hybridized carbons (Fsp3) is 0.158. The first-order chi connectivity index (χ1) is 12.8. The number of halogens is 3. The predicted molar refractivity (Wildman–Crippen MR) is 102 cm³/mol. The Hall–Kier alpha value is -2.74. The third-order valence-corrected chi connectivity index (χ3v) is 4.46. The van der Waals surface area contributed by atoms with Crippen LogP contribution < -0.4 is 10.1 Å². The predicted octanol–water partition coefficient (Wildman–Crippen LogP) is 5.11. The number of hydrogen-bond acceptors (Lipinski definition) is 3. The molecule has 0 unspecified atom stereocenters. The molecule has 0 radical (unpaired) electrons. The van der Waals surface area contributed by atoms with Crippen LogP contribution in [0.1, 0.15) is 21.7 Å². The van der Waals surface area contributed by atoms with E-state index in [1.54, 1.807) is 11.6 Å². The Morgan fingerprint density at radius 2 is 1.74 bits per heavy atom. The summed E-state index contributed by atoms with van der Waals surface area (Å²) < 4.78 is 31.4. The Bertz CT molecular complexity index is 954. The van der Waals surface area contributed by atoms with Crippen LogP contribution in [0.5, 0.6) is 5.75 Å². The Kier molecular flexibility index (Phi) is 5.55. The summed E-state index contributed by atoms with van der Waals surface area (Å²) in [4.78, 5) is 12.7. The topological polar surface area (TPSA) is 56.2 Å². The Morgan fingerprint density at radius 3 is 2.33 bits per heavy atom. The van der Waals surface area contributed by atoms with Crippen LogP contribution in [-0.4, -0.2) is 22.3 Å². The van der Waals surface area contributed by atoms with Gasteiger partial charge in [-0.2, -0.15) is 13.9 Å². The molecule has 140 valence electrons. The third-order valence-electron chi connectivity index (χ3n) is 3.93. The maximum atomic E-state index is 12.7. The Morgan fingerprint density at radius 1 is 1.11 bits per heavy atom. The van der Waals surface area contributed by atoms with Crippen molar-refractivity contribution in [2.45, 2.75) is 20.5 Å². The molecular weight excluding hydrogens is 420 g/mol. The second-order valence-electron chi connectivity index (χ2n) is 5.79. The average Bonchev–Trinajstić information content (AvgIpc) is 2.91. The second-order valence-corrected chi connectivity index (χ2v) is 6.71. The van der Waals surface area contributed by atoms with Crippen LogP contribution in [0.4, 0.5) is 14.5 Å². The van der Waals surface area contributed by atoms with Crippen LogP contribution in [0.2, 0.25) is 0 Å². The van der Waals surface area contributed by atoms with Crippen molar-refractivity contribution in [1.82, 2.24) is 9.78 Å². The van der Waals surface area contributed by atoms with E-state index in [2.05, 4.69) is 31.1 Å². The molecule has 0 fully saturated rings. The maximum Gasteiger partial charge on any atom is 0.387 e. The first kappa shape index (κ1) is 19.0. The molecule has 1 aromatic heterocycles. The molecule has 1 heterocycles. The van der Waals surface area contributed by atoms with Gasteiger partial charge in [0.2, 0.25) is 0 Å². The lowest BCUT2D eigenvalue weighted by Gasteiger charge is -2.08. The number of rotatable bonds is 5. The number of ether oxygens (including phenoxy) is 1. The maximum absolute atomic E-state index is 12.7. The molecular formula is C19H16BrF2N3O2. The molecule has 27 heavy (non-hydrogen) atoms. The number of hydrogen-bond donors (Lipinski definition) is 1. The zero-order valence-electron chi connectivity index (χ0n) is 14.5. The van der Waals surface area contributed by atoms with Crippen molar-refractivity contribution in [3.05, 3.63) is 70.0 Å². The molecule has 0 aliphatic rings. The summed E-state index contributed by atoms with van der Waals surface area (Å²) in [6, 6.07) is 13.3. The van der Waals surface area contributed by atoms with Gasteiger partial charge in [0, 0.05) is 10.2 Å². The van der Waals surface area contributed by atoms with Crippen LogP contribution >= 0.6 is 15.9 Å². The largest absolute Gasteiger partial charge is 0.435 e. The van der Waals surface area contributed by atoms with E-state index in [0.29, 0.717) is 22.6 Å². The molecule has 0 aliphatic carbocycles. The van der Waals surface area contributed by atoms with Gasteiger partial charge >= 0.3 is 6.61 Å². The number of amides is 1. The van der Waals surface area contributed by atoms with E-state index in [1.807, 2.05) is 31.2 Å². The highest BCUT2D eigenvalue weighted by Gasteiger charge is 2.19. The highest BCUT2D eigenvalue weighted by molar-refractivity contribution is 9.10. The van der Waals surface area contributed by atoms with Gasteiger partial charge in [-0.25, -0.2) is 4.68 Å². The molecule has 0 spiro atoms. The van der Waals surface area contributed by atoms with Crippen molar-refractivity contribution in [2.75, 3.05) is 5.32 Å². The number of nitrogens with one attached hydrogen (secondary N) is 1. The van der Waals surface area contributed by atoms with Gasteiger partial charge in [0.05, 0.1) is 22.6 Å². The molecule has 0 saturated carbocycles. The van der Waals surface area contributed by atoms with Crippen LogP contribution in [-0.2, 0) is 0 Å². The minimum Gasteiger partial charge on any atom is -0.435 e. The second kappa shape index (κ2) is 7.87. The highest BCUT2D eigenvalue weighted by Crippen LogP contribution is 2.22. The van der Waals surface area contributed by atoms with Crippen molar-refractivity contribution >= 4 is 27.5 Å². The number of aryl methyl sites for hydroxylation is 1. The SMILES string of the molecule is Cc1nn(-c2ccc(Br)cc2)c(C)c1C(=O)Nc1ccc(OC(F)F)cc1. The van der Waals surface area contributed by atoms with Crippen LogP contribution in [0, 0.1) is 13.8 Å². The van der Waals surface area contributed by atoms with E-state index in [0.717, 1.165) is 10.2 Å². The first-order valence-electron chi connectivity index (χ1n) is 8.03.